The highest BCUT2D eigenvalue weighted by Gasteiger charge is 2.11. The van der Waals surface area contributed by atoms with Crippen LogP contribution < -0.4 is 0 Å². The molecule has 0 atom stereocenters. The minimum Gasteiger partial charge on any atom is -0.246 e. The molecule has 4 heteroatoms. The van der Waals surface area contributed by atoms with E-state index in [1.807, 2.05) is 47.3 Å². The van der Waals surface area contributed by atoms with Crippen molar-refractivity contribution in [1.82, 2.24) is 9.97 Å². The molecule has 106 valence electrons. The van der Waals surface area contributed by atoms with Crippen LogP contribution in [-0.4, -0.2) is 9.97 Å². The Kier molecular flexibility index (Phi) is 3.37. The van der Waals surface area contributed by atoms with Crippen molar-refractivity contribution in [2.24, 2.45) is 0 Å². The molecule has 0 spiro atoms. The fourth-order valence-corrected chi connectivity index (χ4v) is 3.24. The molecule has 4 rings (SSSR count). The van der Waals surface area contributed by atoms with Gasteiger partial charge in [0.25, 0.3) is 0 Å². The van der Waals surface area contributed by atoms with Gasteiger partial charge in [0.05, 0.1) is 22.4 Å². The van der Waals surface area contributed by atoms with E-state index in [1.54, 1.807) is 11.3 Å². The predicted molar refractivity (Wildman–Crippen MR) is 93.3 cm³/mol. The molecule has 2 nitrogen and oxygen atoms in total. The summed E-state index contributed by atoms with van der Waals surface area (Å²) in [5.74, 6) is 0. The molecule has 22 heavy (non-hydrogen) atoms. The average molecular weight is 323 g/mol. The Morgan fingerprint density at radius 1 is 0.909 bits per heavy atom. The Hall–Kier alpha value is -2.23. The second kappa shape index (κ2) is 5.52. The van der Waals surface area contributed by atoms with Crippen molar-refractivity contribution in [2.75, 3.05) is 0 Å². The summed E-state index contributed by atoms with van der Waals surface area (Å²) in [7, 11) is 0. The number of nitrogens with zero attached hydrogens (tertiary/aromatic N) is 2. The van der Waals surface area contributed by atoms with Crippen LogP contribution in [0.5, 0.6) is 0 Å². The lowest BCUT2D eigenvalue weighted by molar-refractivity contribution is 1.32. The molecule has 2 aromatic heterocycles. The molecule has 0 saturated heterocycles. The third-order valence-electron chi connectivity index (χ3n) is 3.55. The van der Waals surface area contributed by atoms with Crippen molar-refractivity contribution in [1.29, 1.82) is 0 Å². The van der Waals surface area contributed by atoms with Gasteiger partial charge in [0.1, 0.15) is 0 Å². The van der Waals surface area contributed by atoms with Crippen LogP contribution in [0.2, 0.25) is 5.02 Å². The van der Waals surface area contributed by atoms with Gasteiger partial charge in [-0.25, -0.2) is 9.97 Å². The van der Waals surface area contributed by atoms with Gasteiger partial charge in [0, 0.05) is 15.8 Å². The van der Waals surface area contributed by atoms with E-state index in [9.17, 15) is 0 Å². The molecule has 2 heterocycles. The molecule has 0 unspecified atom stereocenters. The minimum atomic E-state index is 0.716. The van der Waals surface area contributed by atoms with Gasteiger partial charge in [0.2, 0.25) is 0 Å². The Morgan fingerprint density at radius 3 is 2.55 bits per heavy atom. The van der Waals surface area contributed by atoms with E-state index in [0.29, 0.717) is 5.02 Å². The van der Waals surface area contributed by atoms with E-state index < -0.39 is 0 Å². The van der Waals surface area contributed by atoms with Gasteiger partial charge in [-0.05, 0) is 35.4 Å². The number of halogens is 1. The molecule has 0 radical (unpaired) electrons. The number of hydrogen-bond donors (Lipinski definition) is 0. The van der Waals surface area contributed by atoms with Gasteiger partial charge in [0.15, 0.2) is 0 Å². The molecule has 0 saturated carbocycles. The fraction of sp³-hybridized carbons (Fsp3) is 0. The molecule has 0 amide bonds. The van der Waals surface area contributed by atoms with Crippen LogP contribution in [0.25, 0.3) is 33.4 Å². The Bertz CT molecular complexity index is 934. The first-order chi connectivity index (χ1) is 10.8. The molecule has 0 aliphatic carbocycles. The van der Waals surface area contributed by atoms with E-state index in [-0.39, 0.29) is 0 Å². The van der Waals surface area contributed by atoms with Gasteiger partial charge in [-0.2, -0.15) is 0 Å². The van der Waals surface area contributed by atoms with Gasteiger partial charge < -0.3 is 0 Å². The summed E-state index contributed by atoms with van der Waals surface area (Å²) in [5.41, 5.74) is 6.80. The van der Waals surface area contributed by atoms with Crippen LogP contribution in [0.4, 0.5) is 0 Å². The summed E-state index contributed by atoms with van der Waals surface area (Å²) in [5, 5.41) is 3.78. The highest BCUT2D eigenvalue weighted by Crippen LogP contribution is 2.33. The van der Waals surface area contributed by atoms with Gasteiger partial charge >= 0.3 is 0 Å². The maximum Gasteiger partial charge on any atom is 0.0995 e. The number of benzene rings is 2. The van der Waals surface area contributed by atoms with Crippen molar-refractivity contribution in [3.63, 3.8) is 0 Å². The number of hydrogen-bond acceptors (Lipinski definition) is 3. The molecule has 4 aromatic rings. The quantitative estimate of drug-likeness (QED) is 0.474. The van der Waals surface area contributed by atoms with Gasteiger partial charge in [-0.15, -0.1) is 11.3 Å². The Labute approximate surface area is 137 Å². The molecule has 0 fully saturated rings. The third kappa shape index (κ3) is 2.39. The van der Waals surface area contributed by atoms with Crippen LogP contribution in [0.3, 0.4) is 0 Å². The molecule has 0 N–H and O–H groups in total. The van der Waals surface area contributed by atoms with Crippen LogP contribution in [-0.2, 0) is 0 Å². The van der Waals surface area contributed by atoms with Crippen LogP contribution in [0, 0.1) is 0 Å². The van der Waals surface area contributed by atoms with Crippen molar-refractivity contribution < 1.29 is 0 Å². The number of thiazole rings is 1. The predicted octanol–water partition coefficient (Wildman–Crippen LogP) is 5.68. The molecular formula is C18H11ClN2S. The van der Waals surface area contributed by atoms with E-state index >= 15 is 0 Å². The molecular weight excluding hydrogens is 312 g/mol. The fourth-order valence-electron chi connectivity index (χ4n) is 2.52. The highest BCUT2D eigenvalue weighted by atomic mass is 35.5. The number of rotatable bonds is 2. The zero-order valence-electron chi connectivity index (χ0n) is 11.5. The van der Waals surface area contributed by atoms with Gasteiger partial charge in [-0.3, -0.25) is 0 Å². The maximum absolute atomic E-state index is 6.18. The second-order valence-electron chi connectivity index (χ2n) is 4.96. The third-order valence-corrected chi connectivity index (χ3v) is 4.37. The van der Waals surface area contributed by atoms with Crippen molar-refractivity contribution in [2.45, 2.75) is 0 Å². The lowest BCUT2D eigenvalue weighted by Gasteiger charge is -2.09. The smallest absolute Gasteiger partial charge is 0.0995 e. The Morgan fingerprint density at radius 2 is 1.77 bits per heavy atom. The normalized spacial score (nSPS) is 11.0. The van der Waals surface area contributed by atoms with Crippen LogP contribution in [0.1, 0.15) is 0 Å². The lowest BCUT2D eigenvalue weighted by atomic mass is 10.00. The summed E-state index contributed by atoms with van der Waals surface area (Å²) >= 11 is 7.75. The number of fused-ring (bicyclic) bond motifs is 1. The van der Waals surface area contributed by atoms with Crippen molar-refractivity contribution in [3.8, 4) is 22.5 Å². The highest BCUT2D eigenvalue weighted by molar-refractivity contribution is 7.07. The summed E-state index contributed by atoms with van der Waals surface area (Å²) in [4.78, 5) is 9.11. The largest absolute Gasteiger partial charge is 0.246 e. The van der Waals surface area contributed by atoms with Gasteiger partial charge in [-0.1, -0.05) is 41.9 Å². The van der Waals surface area contributed by atoms with E-state index in [1.165, 1.54) is 0 Å². The van der Waals surface area contributed by atoms with Crippen LogP contribution in [0.15, 0.2) is 65.5 Å². The first-order valence-corrected chi connectivity index (χ1v) is 8.17. The van der Waals surface area contributed by atoms with E-state index in [4.69, 9.17) is 16.6 Å². The summed E-state index contributed by atoms with van der Waals surface area (Å²) < 4.78 is 0. The lowest BCUT2D eigenvalue weighted by Crippen LogP contribution is -1.90. The summed E-state index contributed by atoms with van der Waals surface area (Å²) in [6.07, 6.45) is 0. The number of pyridine rings is 1. The topological polar surface area (TPSA) is 25.8 Å². The minimum absolute atomic E-state index is 0.716. The molecule has 0 aliphatic heterocycles. The molecule has 0 aliphatic rings. The monoisotopic (exact) mass is 322 g/mol. The first-order valence-electron chi connectivity index (χ1n) is 6.85. The Balaban J connectivity index is 2.05. The summed E-state index contributed by atoms with van der Waals surface area (Å²) in [6.45, 7) is 0. The number of aromatic nitrogens is 2. The SMILES string of the molecule is Clc1ccc2nc(-c3cscn3)cc(-c3ccccc3)c2c1. The van der Waals surface area contributed by atoms with E-state index in [0.717, 1.165) is 33.4 Å². The standard InChI is InChI=1S/C18H11ClN2S/c19-13-6-7-16-15(8-13)14(12-4-2-1-3-5-12)9-17(21-16)18-10-22-11-20-18/h1-11H. The molecule has 0 bridgehead atoms. The molecule has 2 aromatic carbocycles. The second-order valence-corrected chi connectivity index (χ2v) is 6.11. The average Bonchev–Trinajstić information content (AvgIpc) is 3.09. The van der Waals surface area contributed by atoms with Crippen molar-refractivity contribution in [3.05, 3.63) is 70.5 Å². The first kappa shape index (κ1) is 13.4. The summed E-state index contributed by atoms with van der Waals surface area (Å²) in [6, 6.07) is 18.2. The zero-order chi connectivity index (χ0) is 14.9. The van der Waals surface area contributed by atoms with Crippen LogP contribution >= 0.6 is 22.9 Å². The maximum atomic E-state index is 6.18. The zero-order valence-corrected chi connectivity index (χ0v) is 13.1. The van der Waals surface area contributed by atoms with E-state index in [2.05, 4.69) is 23.2 Å². The van der Waals surface area contributed by atoms with Crippen molar-refractivity contribution >= 4 is 33.8 Å².